The van der Waals surface area contributed by atoms with Gasteiger partial charge in [0.15, 0.2) is 5.78 Å². The molecule has 0 amide bonds. The van der Waals surface area contributed by atoms with Crippen LogP contribution >= 0.6 is 0 Å². The summed E-state index contributed by atoms with van der Waals surface area (Å²) in [6.07, 6.45) is 2.85. The maximum Gasteiger partial charge on any atom is 0.163 e. The van der Waals surface area contributed by atoms with Crippen molar-refractivity contribution in [1.29, 1.82) is 0 Å². The van der Waals surface area contributed by atoms with Gasteiger partial charge in [0.2, 0.25) is 0 Å². The van der Waals surface area contributed by atoms with Gasteiger partial charge >= 0.3 is 0 Å². The van der Waals surface area contributed by atoms with Crippen LogP contribution in [0.1, 0.15) is 69.8 Å². The highest BCUT2D eigenvalue weighted by atomic mass is 16.1. The zero-order valence-electron chi connectivity index (χ0n) is 12.4. The molecule has 0 bridgehead atoms. The fraction of sp³-hybridized carbons (Fsp3) is 0.588. The van der Waals surface area contributed by atoms with E-state index >= 15 is 0 Å². The Kier molecular flexibility index (Phi) is 5.13. The van der Waals surface area contributed by atoms with Gasteiger partial charge in [-0.05, 0) is 16.9 Å². The number of hydrogen-bond acceptors (Lipinski definition) is 1. The summed E-state index contributed by atoms with van der Waals surface area (Å²) in [7, 11) is 0. The minimum atomic E-state index is 0.0280. The summed E-state index contributed by atoms with van der Waals surface area (Å²) in [6.45, 7) is 10.8. The quantitative estimate of drug-likeness (QED) is 0.669. The van der Waals surface area contributed by atoms with Crippen molar-refractivity contribution in [3.8, 4) is 0 Å². The van der Waals surface area contributed by atoms with Crippen molar-refractivity contribution in [1.82, 2.24) is 0 Å². The normalized spacial score (nSPS) is 11.9. The van der Waals surface area contributed by atoms with E-state index in [1.807, 2.05) is 18.2 Å². The lowest BCUT2D eigenvalue weighted by Crippen LogP contribution is -2.18. The molecule has 0 fully saturated rings. The van der Waals surface area contributed by atoms with Crippen molar-refractivity contribution < 1.29 is 4.79 Å². The highest BCUT2D eigenvalue weighted by Crippen LogP contribution is 2.27. The van der Waals surface area contributed by atoms with Crippen molar-refractivity contribution in [2.24, 2.45) is 5.92 Å². The lowest BCUT2D eigenvalue weighted by atomic mass is 9.81. The number of hydrogen-bond donors (Lipinski definition) is 0. The second kappa shape index (κ2) is 6.17. The van der Waals surface area contributed by atoms with Crippen LogP contribution in [-0.2, 0) is 5.41 Å². The van der Waals surface area contributed by atoms with Crippen LogP contribution in [-0.4, -0.2) is 5.78 Å². The summed E-state index contributed by atoms with van der Waals surface area (Å²) in [5.74, 6) is 0.819. The summed E-state index contributed by atoms with van der Waals surface area (Å²) in [5.41, 5.74) is 2.11. The highest BCUT2D eigenvalue weighted by molar-refractivity contribution is 5.97. The first kappa shape index (κ1) is 14.9. The molecule has 0 atom stereocenters. The summed E-state index contributed by atoms with van der Waals surface area (Å²) in [6, 6.07) is 8.05. The van der Waals surface area contributed by atoms with Crippen LogP contribution in [0.2, 0.25) is 0 Å². The molecule has 1 heteroatoms. The molecule has 0 aromatic heterocycles. The van der Waals surface area contributed by atoms with Crippen molar-refractivity contribution in [2.75, 3.05) is 0 Å². The van der Waals surface area contributed by atoms with Crippen LogP contribution < -0.4 is 0 Å². The molecular formula is C17H26O. The third-order valence-electron chi connectivity index (χ3n) is 3.66. The molecule has 1 rings (SSSR count). The molecule has 0 aliphatic heterocycles. The predicted molar refractivity (Wildman–Crippen MR) is 78.2 cm³/mol. The van der Waals surface area contributed by atoms with Crippen molar-refractivity contribution in [3.63, 3.8) is 0 Å². The molecule has 0 aliphatic rings. The van der Waals surface area contributed by atoms with E-state index in [1.165, 1.54) is 5.56 Å². The minimum absolute atomic E-state index is 0.0280. The van der Waals surface area contributed by atoms with Crippen LogP contribution in [0, 0.1) is 5.92 Å². The topological polar surface area (TPSA) is 17.1 Å². The fourth-order valence-corrected chi connectivity index (χ4v) is 2.33. The average Bonchev–Trinajstić information content (AvgIpc) is 2.34. The van der Waals surface area contributed by atoms with E-state index in [1.54, 1.807) is 0 Å². The van der Waals surface area contributed by atoms with E-state index < -0.39 is 0 Å². The monoisotopic (exact) mass is 246 g/mol. The van der Waals surface area contributed by atoms with Gasteiger partial charge in [0.25, 0.3) is 0 Å². The van der Waals surface area contributed by atoms with Crippen LogP contribution in [0.3, 0.4) is 0 Å². The van der Waals surface area contributed by atoms with Gasteiger partial charge in [-0.15, -0.1) is 0 Å². The zero-order chi connectivity index (χ0) is 13.8. The van der Waals surface area contributed by atoms with E-state index in [0.29, 0.717) is 18.1 Å². The molecule has 1 aromatic rings. The van der Waals surface area contributed by atoms with Crippen LogP contribution in [0.4, 0.5) is 0 Å². The molecule has 1 aromatic carbocycles. The Balaban J connectivity index is 2.99. The first-order valence-electron chi connectivity index (χ1n) is 7.02. The molecule has 0 N–H and O–H groups in total. The van der Waals surface area contributed by atoms with Crippen molar-refractivity contribution >= 4 is 5.78 Å². The second-order valence-electron chi connectivity index (χ2n) is 6.11. The number of rotatable bonds is 5. The van der Waals surface area contributed by atoms with Gasteiger partial charge in [-0.25, -0.2) is 0 Å². The molecule has 0 heterocycles. The van der Waals surface area contributed by atoms with Crippen LogP contribution in [0.25, 0.3) is 0 Å². The molecule has 0 saturated heterocycles. The van der Waals surface area contributed by atoms with Gasteiger partial charge < -0.3 is 0 Å². The van der Waals surface area contributed by atoms with Crippen LogP contribution in [0.15, 0.2) is 24.3 Å². The minimum Gasteiger partial charge on any atom is -0.294 e. The lowest BCUT2D eigenvalue weighted by Gasteiger charge is -2.23. The number of Topliss-reactive ketones (excluding diaryl/α,β-unsaturated/α-hetero) is 1. The Bertz CT molecular complexity index is 394. The van der Waals surface area contributed by atoms with Crippen molar-refractivity contribution in [2.45, 2.75) is 59.3 Å². The SMILES string of the molecule is CCC(CC)CC(=O)c1ccccc1C(C)(C)C. The molecule has 0 spiro atoms. The highest BCUT2D eigenvalue weighted by Gasteiger charge is 2.22. The lowest BCUT2D eigenvalue weighted by molar-refractivity contribution is 0.0956. The average molecular weight is 246 g/mol. The molecule has 0 unspecified atom stereocenters. The molecular weight excluding hydrogens is 220 g/mol. The Morgan fingerprint density at radius 3 is 2.17 bits per heavy atom. The Labute approximate surface area is 112 Å². The maximum absolute atomic E-state index is 12.4. The first-order valence-corrected chi connectivity index (χ1v) is 7.02. The second-order valence-corrected chi connectivity index (χ2v) is 6.11. The smallest absolute Gasteiger partial charge is 0.163 e. The Morgan fingerprint density at radius 1 is 1.11 bits per heavy atom. The zero-order valence-corrected chi connectivity index (χ0v) is 12.4. The molecule has 0 radical (unpaired) electrons. The summed E-state index contributed by atoms with van der Waals surface area (Å²) in [4.78, 5) is 12.4. The number of carbonyl (C=O) groups excluding carboxylic acids is 1. The van der Waals surface area contributed by atoms with Gasteiger partial charge in [0.1, 0.15) is 0 Å². The predicted octanol–water partition coefficient (Wildman–Crippen LogP) is 4.99. The Morgan fingerprint density at radius 2 is 1.67 bits per heavy atom. The molecule has 100 valence electrons. The molecule has 0 aliphatic carbocycles. The summed E-state index contributed by atoms with van der Waals surface area (Å²) < 4.78 is 0. The third-order valence-corrected chi connectivity index (χ3v) is 3.66. The summed E-state index contributed by atoms with van der Waals surface area (Å²) in [5, 5.41) is 0. The van der Waals surface area contributed by atoms with Gasteiger partial charge in [0.05, 0.1) is 0 Å². The molecule has 18 heavy (non-hydrogen) atoms. The third kappa shape index (κ3) is 3.69. The van der Waals surface area contributed by atoms with E-state index in [4.69, 9.17) is 0 Å². The fourth-order valence-electron chi connectivity index (χ4n) is 2.33. The van der Waals surface area contributed by atoms with Gasteiger partial charge in [-0.3, -0.25) is 4.79 Å². The van der Waals surface area contributed by atoms with Gasteiger partial charge in [-0.1, -0.05) is 71.7 Å². The molecule has 1 nitrogen and oxygen atoms in total. The first-order chi connectivity index (χ1) is 8.40. The number of carbonyl (C=O) groups is 1. The van der Waals surface area contributed by atoms with E-state index in [-0.39, 0.29) is 5.41 Å². The van der Waals surface area contributed by atoms with Crippen LogP contribution in [0.5, 0.6) is 0 Å². The Hall–Kier alpha value is -1.11. The standard InChI is InChI=1S/C17H26O/c1-6-13(7-2)12-16(18)14-10-8-9-11-15(14)17(3,4)5/h8-11,13H,6-7,12H2,1-5H3. The van der Waals surface area contributed by atoms with E-state index in [2.05, 4.69) is 40.7 Å². The number of benzene rings is 1. The van der Waals surface area contributed by atoms with Gasteiger partial charge in [-0.2, -0.15) is 0 Å². The maximum atomic E-state index is 12.4. The summed E-state index contributed by atoms with van der Waals surface area (Å²) >= 11 is 0. The molecule has 0 saturated carbocycles. The van der Waals surface area contributed by atoms with E-state index in [9.17, 15) is 4.79 Å². The van der Waals surface area contributed by atoms with E-state index in [0.717, 1.165) is 18.4 Å². The largest absolute Gasteiger partial charge is 0.294 e. The number of ketones is 1. The van der Waals surface area contributed by atoms with Crippen molar-refractivity contribution in [3.05, 3.63) is 35.4 Å². The van der Waals surface area contributed by atoms with Gasteiger partial charge in [0, 0.05) is 12.0 Å².